The average molecular weight is 322 g/mol. The lowest BCUT2D eigenvalue weighted by molar-refractivity contribution is 0.0766. The third-order valence-electron chi connectivity index (χ3n) is 4.17. The summed E-state index contributed by atoms with van der Waals surface area (Å²) in [4.78, 5) is 18.5. The van der Waals surface area contributed by atoms with Gasteiger partial charge in [-0.05, 0) is 35.8 Å². The van der Waals surface area contributed by atoms with Gasteiger partial charge >= 0.3 is 0 Å². The lowest BCUT2D eigenvalue weighted by atomic mass is 9.99. The maximum Gasteiger partial charge on any atom is 0.274 e. The standard InChI is InChI=1S/C18H15FN4O/c19-15-4-2-13(3-5-15)14-6-10-22(11-7-14)18(24)16-12-17-20-8-1-9-23(17)21-16/h1-6,8-9,12H,7,10-11H2. The number of benzene rings is 1. The van der Waals surface area contributed by atoms with Crippen molar-refractivity contribution in [1.82, 2.24) is 19.5 Å². The second kappa shape index (κ2) is 5.88. The average Bonchev–Trinajstić information content (AvgIpc) is 3.06. The van der Waals surface area contributed by atoms with Gasteiger partial charge in [-0.15, -0.1) is 0 Å². The zero-order chi connectivity index (χ0) is 16.5. The number of nitrogens with zero attached hydrogens (tertiary/aromatic N) is 4. The summed E-state index contributed by atoms with van der Waals surface area (Å²) in [5, 5.41) is 4.28. The van der Waals surface area contributed by atoms with E-state index in [0.717, 1.165) is 17.6 Å². The first-order valence-electron chi connectivity index (χ1n) is 7.75. The zero-order valence-corrected chi connectivity index (χ0v) is 12.9. The van der Waals surface area contributed by atoms with Crippen LogP contribution in [0.1, 0.15) is 22.5 Å². The molecule has 24 heavy (non-hydrogen) atoms. The number of hydrogen-bond donors (Lipinski definition) is 0. The van der Waals surface area contributed by atoms with E-state index in [1.807, 2.05) is 6.08 Å². The van der Waals surface area contributed by atoms with Crippen LogP contribution in [0.2, 0.25) is 0 Å². The number of fused-ring (bicyclic) bond motifs is 1. The van der Waals surface area contributed by atoms with E-state index in [1.54, 1.807) is 46.1 Å². The van der Waals surface area contributed by atoms with Crippen LogP contribution >= 0.6 is 0 Å². The molecule has 0 saturated carbocycles. The van der Waals surface area contributed by atoms with Gasteiger partial charge in [0.15, 0.2) is 11.3 Å². The molecule has 4 rings (SSSR count). The lowest BCUT2D eigenvalue weighted by Gasteiger charge is -2.26. The topological polar surface area (TPSA) is 50.5 Å². The van der Waals surface area contributed by atoms with E-state index in [-0.39, 0.29) is 11.7 Å². The highest BCUT2D eigenvalue weighted by molar-refractivity contribution is 5.94. The van der Waals surface area contributed by atoms with Crippen molar-refractivity contribution in [3.8, 4) is 0 Å². The van der Waals surface area contributed by atoms with Crippen LogP contribution in [0.3, 0.4) is 0 Å². The highest BCUT2D eigenvalue weighted by atomic mass is 19.1. The monoisotopic (exact) mass is 322 g/mol. The highest BCUT2D eigenvalue weighted by Crippen LogP contribution is 2.23. The van der Waals surface area contributed by atoms with E-state index in [9.17, 15) is 9.18 Å². The number of rotatable bonds is 2. The number of aromatic nitrogens is 3. The van der Waals surface area contributed by atoms with Crippen molar-refractivity contribution in [3.05, 3.63) is 71.9 Å². The quantitative estimate of drug-likeness (QED) is 0.729. The molecule has 1 aromatic carbocycles. The lowest BCUT2D eigenvalue weighted by Crippen LogP contribution is -2.34. The van der Waals surface area contributed by atoms with Gasteiger partial charge in [-0.2, -0.15) is 5.10 Å². The van der Waals surface area contributed by atoms with Gasteiger partial charge in [-0.3, -0.25) is 4.79 Å². The van der Waals surface area contributed by atoms with E-state index in [4.69, 9.17) is 0 Å². The molecule has 0 atom stereocenters. The first kappa shape index (κ1) is 14.6. The smallest absolute Gasteiger partial charge is 0.274 e. The molecule has 0 bridgehead atoms. The van der Waals surface area contributed by atoms with Gasteiger partial charge in [-0.25, -0.2) is 13.9 Å². The van der Waals surface area contributed by atoms with E-state index < -0.39 is 0 Å². The molecule has 3 heterocycles. The minimum absolute atomic E-state index is 0.102. The maximum atomic E-state index is 13.0. The molecule has 5 nitrogen and oxygen atoms in total. The molecule has 120 valence electrons. The molecule has 0 spiro atoms. The normalized spacial score (nSPS) is 14.7. The van der Waals surface area contributed by atoms with Gasteiger partial charge in [0.25, 0.3) is 5.91 Å². The van der Waals surface area contributed by atoms with Crippen LogP contribution < -0.4 is 0 Å². The Morgan fingerprint density at radius 3 is 2.75 bits per heavy atom. The Kier molecular flexibility index (Phi) is 3.57. The SMILES string of the molecule is O=C(c1cc2ncccn2n1)N1CC=C(c2ccc(F)cc2)CC1. The molecule has 6 heteroatoms. The molecule has 0 saturated heterocycles. The molecule has 1 aliphatic rings. The van der Waals surface area contributed by atoms with Crippen molar-refractivity contribution in [2.24, 2.45) is 0 Å². The maximum absolute atomic E-state index is 13.0. The van der Waals surface area contributed by atoms with Crippen LogP contribution in [-0.4, -0.2) is 38.5 Å². The van der Waals surface area contributed by atoms with Crippen LogP contribution in [0.4, 0.5) is 4.39 Å². The van der Waals surface area contributed by atoms with Crippen LogP contribution in [0.15, 0.2) is 54.9 Å². The van der Waals surface area contributed by atoms with Crippen molar-refractivity contribution in [1.29, 1.82) is 0 Å². The molecule has 0 fully saturated rings. The Bertz CT molecular complexity index is 897. The Balaban J connectivity index is 1.52. The Labute approximate surface area is 138 Å². The van der Waals surface area contributed by atoms with E-state index in [1.165, 1.54) is 12.1 Å². The van der Waals surface area contributed by atoms with E-state index >= 15 is 0 Å². The van der Waals surface area contributed by atoms with Gasteiger partial charge in [0, 0.05) is 31.5 Å². The van der Waals surface area contributed by atoms with Crippen molar-refractivity contribution in [2.75, 3.05) is 13.1 Å². The minimum atomic E-state index is -0.243. The Morgan fingerprint density at radius 1 is 1.21 bits per heavy atom. The molecule has 0 aliphatic carbocycles. The summed E-state index contributed by atoms with van der Waals surface area (Å²) in [6.45, 7) is 1.14. The van der Waals surface area contributed by atoms with Crippen molar-refractivity contribution >= 4 is 17.1 Å². The molecule has 2 aromatic heterocycles. The fourth-order valence-electron chi connectivity index (χ4n) is 2.88. The third-order valence-corrected chi connectivity index (χ3v) is 4.17. The Hall–Kier alpha value is -3.02. The summed E-state index contributed by atoms with van der Waals surface area (Å²) in [6.07, 6.45) is 6.19. The van der Waals surface area contributed by atoms with Crippen LogP contribution in [-0.2, 0) is 0 Å². The number of carbonyl (C=O) groups excluding carboxylic acids is 1. The fourth-order valence-corrected chi connectivity index (χ4v) is 2.88. The first-order valence-corrected chi connectivity index (χ1v) is 7.75. The molecule has 1 amide bonds. The summed E-state index contributed by atoms with van der Waals surface area (Å²) >= 11 is 0. The predicted molar refractivity (Wildman–Crippen MR) is 87.9 cm³/mol. The number of halogens is 1. The van der Waals surface area contributed by atoms with Crippen molar-refractivity contribution in [3.63, 3.8) is 0 Å². The predicted octanol–water partition coefficient (Wildman–Crippen LogP) is 2.80. The molecule has 3 aromatic rings. The van der Waals surface area contributed by atoms with Gasteiger partial charge in [0.1, 0.15) is 5.82 Å². The Morgan fingerprint density at radius 2 is 2.04 bits per heavy atom. The zero-order valence-electron chi connectivity index (χ0n) is 12.9. The fraction of sp³-hybridized carbons (Fsp3) is 0.167. The van der Waals surface area contributed by atoms with Crippen LogP contribution in [0.5, 0.6) is 0 Å². The molecule has 0 radical (unpaired) electrons. The van der Waals surface area contributed by atoms with Gasteiger partial charge in [0.05, 0.1) is 0 Å². The third kappa shape index (κ3) is 2.67. The highest BCUT2D eigenvalue weighted by Gasteiger charge is 2.21. The first-order chi connectivity index (χ1) is 11.7. The number of carbonyl (C=O) groups is 1. The summed E-state index contributed by atoms with van der Waals surface area (Å²) in [6, 6.07) is 9.92. The molecule has 0 N–H and O–H groups in total. The molecule has 1 aliphatic heterocycles. The molecule has 0 unspecified atom stereocenters. The van der Waals surface area contributed by atoms with Crippen molar-refractivity contribution in [2.45, 2.75) is 6.42 Å². The minimum Gasteiger partial charge on any atom is -0.333 e. The van der Waals surface area contributed by atoms with Gasteiger partial charge in [0.2, 0.25) is 0 Å². The summed E-state index contributed by atoms with van der Waals surface area (Å²) < 4.78 is 14.6. The molecular weight excluding hydrogens is 307 g/mol. The number of amides is 1. The van der Waals surface area contributed by atoms with Gasteiger partial charge in [-0.1, -0.05) is 18.2 Å². The van der Waals surface area contributed by atoms with Crippen molar-refractivity contribution < 1.29 is 9.18 Å². The summed E-state index contributed by atoms with van der Waals surface area (Å²) in [5.74, 6) is -0.345. The second-order valence-electron chi connectivity index (χ2n) is 5.69. The van der Waals surface area contributed by atoms with Crippen LogP contribution in [0.25, 0.3) is 11.2 Å². The second-order valence-corrected chi connectivity index (χ2v) is 5.69. The van der Waals surface area contributed by atoms with Crippen LogP contribution in [0, 0.1) is 5.82 Å². The summed E-state index contributed by atoms with van der Waals surface area (Å²) in [5.41, 5.74) is 3.18. The summed E-state index contributed by atoms with van der Waals surface area (Å²) in [7, 11) is 0. The van der Waals surface area contributed by atoms with Gasteiger partial charge < -0.3 is 4.90 Å². The van der Waals surface area contributed by atoms with E-state index in [0.29, 0.717) is 24.4 Å². The van der Waals surface area contributed by atoms with E-state index in [2.05, 4.69) is 10.1 Å². The molecular formula is C18H15FN4O. The number of hydrogen-bond acceptors (Lipinski definition) is 3. The largest absolute Gasteiger partial charge is 0.333 e.